The molecule has 0 fully saturated rings. The number of aliphatic hydroxyl groups excluding tert-OH is 1. The number of carbonyl (C=O) groups is 1. The Bertz CT molecular complexity index is 680. The van der Waals surface area contributed by atoms with Crippen molar-refractivity contribution in [1.29, 1.82) is 0 Å². The third-order valence-corrected chi connectivity index (χ3v) is 4.40. The van der Waals surface area contributed by atoms with E-state index in [2.05, 4.69) is 27.2 Å². The first-order valence-corrected chi connectivity index (χ1v) is 7.38. The zero-order valence-electron chi connectivity index (χ0n) is 12.6. The van der Waals surface area contributed by atoms with Crippen molar-refractivity contribution in [3.05, 3.63) is 58.9 Å². The summed E-state index contributed by atoms with van der Waals surface area (Å²) in [5.41, 5.74) is 3.44. The predicted molar refractivity (Wildman–Crippen MR) is 82.5 cm³/mol. The van der Waals surface area contributed by atoms with Gasteiger partial charge in [-0.2, -0.15) is 0 Å². The predicted octanol–water partition coefficient (Wildman–Crippen LogP) is 1.72. The highest BCUT2D eigenvalue weighted by molar-refractivity contribution is 5.87. The molecular weight excluding hydrogens is 280 g/mol. The van der Waals surface area contributed by atoms with Crippen molar-refractivity contribution in [2.75, 3.05) is 13.7 Å². The van der Waals surface area contributed by atoms with Gasteiger partial charge in [-0.1, -0.05) is 24.3 Å². The number of rotatable bonds is 5. The minimum absolute atomic E-state index is 0.0539. The van der Waals surface area contributed by atoms with Gasteiger partial charge < -0.3 is 20.1 Å². The first-order valence-electron chi connectivity index (χ1n) is 7.38. The molecule has 1 atom stereocenters. The highest BCUT2D eigenvalue weighted by atomic mass is 16.5. The number of hydrogen-bond donors (Lipinski definition) is 3. The van der Waals surface area contributed by atoms with Gasteiger partial charge in [0.15, 0.2) is 0 Å². The van der Waals surface area contributed by atoms with E-state index in [-0.39, 0.29) is 12.6 Å². The maximum atomic E-state index is 11.5. The molecule has 0 amide bonds. The molecule has 0 saturated carbocycles. The number of hydrogen-bond acceptors (Lipinski definition) is 4. The van der Waals surface area contributed by atoms with E-state index >= 15 is 0 Å². The van der Waals surface area contributed by atoms with Crippen molar-refractivity contribution in [2.45, 2.75) is 24.9 Å². The van der Waals surface area contributed by atoms with E-state index in [9.17, 15) is 9.90 Å². The molecule has 0 aliphatic heterocycles. The fraction of sp³-hybridized carbons (Fsp3) is 0.353. The second-order valence-electron chi connectivity index (χ2n) is 5.66. The molecule has 0 spiro atoms. The number of ether oxygens (including phenoxy) is 1. The molecule has 0 saturated heterocycles. The molecule has 1 unspecified atom stereocenters. The van der Waals surface area contributed by atoms with E-state index in [1.54, 1.807) is 12.3 Å². The zero-order chi connectivity index (χ0) is 15.6. The maximum absolute atomic E-state index is 11.5. The van der Waals surface area contributed by atoms with E-state index in [0.717, 1.165) is 18.4 Å². The summed E-state index contributed by atoms with van der Waals surface area (Å²) in [7, 11) is 1.36. The largest absolute Gasteiger partial charge is 0.464 e. The lowest BCUT2D eigenvalue weighted by molar-refractivity contribution is 0.0595. The number of H-pyrrole nitrogens is 1. The molecule has 5 nitrogen and oxygen atoms in total. The van der Waals surface area contributed by atoms with Crippen molar-refractivity contribution in [1.82, 2.24) is 10.3 Å². The van der Waals surface area contributed by atoms with Gasteiger partial charge in [0.2, 0.25) is 0 Å². The van der Waals surface area contributed by atoms with E-state index < -0.39 is 5.54 Å². The van der Waals surface area contributed by atoms with Gasteiger partial charge >= 0.3 is 5.97 Å². The van der Waals surface area contributed by atoms with Gasteiger partial charge in [-0.3, -0.25) is 0 Å². The molecular formula is C17H20N2O3. The van der Waals surface area contributed by atoms with Gasteiger partial charge in [-0.05, 0) is 35.6 Å². The number of nitrogens with one attached hydrogen (secondary N) is 2. The van der Waals surface area contributed by atoms with E-state index in [1.165, 1.54) is 18.2 Å². The number of carbonyl (C=O) groups excluding carboxylic acids is 1. The van der Waals surface area contributed by atoms with Crippen LogP contribution in [0.2, 0.25) is 0 Å². The van der Waals surface area contributed by atoms with Crippen LogP contribution in [0.25, 0.3) is 0 Å². The van der Waals surface area contributed by atoms with Crippen LogP contribution in [0, 0.1) is 0 Å². The summed E-state index contributed by atoms with van der Waals surface area (Å²) >= 11 is 0. The van der Waals surface area contributed by atoms with Crippen molar-refractivity contribution in [3.8, 4) is 0 Å². The summed E-state index contributed by atoms with van der Waals surface area (Å²) in [6, 6.07) is 9.98. The zero-order valence-corrected chi connectivity index (χ0v) is 12.6. The van der Waals surface area contributed by atoms with Crippen molar-refractivity contribution >= 4 is 5.97 Å². The molecule has 1 aromatic heterocycles. The van der Waals surface area contributed by atoms with Gasteiger partial charge in [0.05, 0.1) is 19.3 Å². The number of fused-ring (bicyclic) bond motifs is 1. The quantitative estimate of drug-likeness (QED) is 0.735. The Morgan fingerprint density at radius 2 is 2.27 bits per heavy atom. The summed E-state index contributed by atoms with van der Waals surface area (Å²) in [6.07, 6.45) is 3.62. The average Bonchev–Trinajstić information content (AvgIpc) is 3.18. The molecule has 0 radical (unpaired) electrons. The highest BCUT2D eigenvalue weighted by Crippen LogP contribution is 2.36. The van der Waals surface area contributed by atoms with Crippen LogP contribution < -0.4 is 5.32 Å². The van der Waals surface area contributed by atoms with Crippen LogP contribution >= 0.6 is 0 Å². The fourth-order valence-corrected chi connectivity index (χ4v) is 3.13. The monoisotopic (exact) mass is 300 g/mol. The second kappa shape index (κ2) is 5.94. The Morgan fingerprint density at radius 1 is 1.45 bits per heavy atom. The van der Waals surface area contributed by atoms with Crippen LogP contribution in [0.5, 0.6) is 0 Å². The molecule has 22 heavy (non-hydrogen) atoms. The molecule has 0 bridgehead atoms. The molecule has 1 aliphatic carbocycles. The smallest absolute Gasteiger partial charge is 0.354 e. The number of aryl methyl sites for hydroxylation is 1. The number of esters is 1. The Balaban J connectivity index is 1.75. The van der Waals surface area contributed by atoms with Gasteiger partial charge in [0, 0.05) is 12.7 Å². The molecule has 3 rings (SSSR count). The van der Waals surface area contributed by atoms with Gasteiger partial charge in [0.1, 0.15) is 5.69 Å². The summed E-state index contributed by atoms with van der Waals surface area (Å²) in [4.78, 5) is 14.4. The lowest BCUT2D eigenvalue weighted by atomic mass is 9.92. The van der Waals surface area contributed by atoms with E-state index in [1.807, 2.05) is 12.1 Å². The maximum Gasteiger partial charge on any atom is 0.354 e. The molecule has 3 N–H and O–H groups in total. The number of aromatic nitrogens is 1. The SMILES string of the molecule is COC(=O)c1cc(CNC2(CO)CCc3ccccc32)c[nH]1. The van der Waals surface area contributed by atoms with E-state index in [4.69, 9.17) is 0 Å². The number of aliphatic hydroxyl groups is 1. The highest BCUT2D eigenvalue weighted by Gasteiger charge is 2.37. The molecule has 116 valence electrons. The topological polar surface area (TPSA) is 74.3 Å². The van der Waals surface area contributed by atoms with Crippen LogP contribution in [-0.2, 0) is 23.2 Å². The minimum Gasteiger partial charge on any atom is -0.464 e. The van der Waals surface area contributed by atoms with Crippen molar-refractivity contribution in [3.63, 3.8) is 0 Å². The van der Waals surface area contributed by atoms with Gasteiger partial charge in [-0.15, -0.1) is 0 Å². The minimum atomic E-state index is -0.403. The lowest BCUT2D eigenvalue weighted by Gasteiger charge is -2.29. The normalized spacial score (nSPS) is 19.9. The lowest BCUT2D eigenvalue weighted by Crippen LogP contribution is -2.43. The van der Waals surface area contributed by atoms with Crippen LogP contribution in [-0.4, -0.2) is 29.8 Å². The number of aromatic amines is 1. The van der Waals surface area contributed by atoms with Gasteiger partial charge in [0.25, 0.3) is 0 Å². The third kappa shape index (κ3) is 2.53. The molecule has 2 aromatic rings. The van der Waals surface area contributed by atoms with Crippen LogP contribution in [0.4, 0.5) is 0 Å². The summed E-state index contributed by atoms with van der Waals surface area (Å²) in [5.74, 6) is -0.380. The number of methoxy groups -OCH3 is 1. The van der Waals surface area contributed by atoms with E-state index in [0.29, 0.717) is 12.2 Å². The van der Waals surface area contributed by atoms with Crippen LogP contribution in [0.1, 0.15) is 33.6 Å². The third-order valence-electron chi connectivity index (χ3n) is 4.40. The van der Waals surface area contributed by atoms with Crippen LogP contribution in [0.3, 0.4) is 0 Å². The molecule has 1 aliphatic rings. The Labute approximate surface area is 129 Å². The first kappa shape index (κ1) is 14.8. The van der Waals surface area contributed by atoms with Crippen LogP contribution in [0.15, 0.2) is 36.5 Å². The summed E-state index contributed by atoms with van der Waals surface area (Å²) in [6.45, 7) is 0.626. The standard InChI is InChI=1S/C17H20N2O3/c1-22-16(21)15-8-12(9-18-15)10-19-17(11-20)7-6-13-4-2-3-5-14(13)17/h2-5,8-9,18-20H,6-7,10-11H2,1H3. The summed E-state index contributed by atoms with van der Waals surface area (Å²) < 4.78 is 4.68. The Morgan fingerprint density at radius 3 is 3.05 bits per heavy atom. The molecule has 5 heteroatoms. The molecule has 1 heterocycles. The Kier molecular flexibility index (Phi) is 4.00. The number of benzene rings is 1. The van der Waals surface area contributed by atoms with Crippen molar-refractivity contribution < 1.29 is 14.6 Å². The average molecular weight is 300 g/mol. The summed E-state index contributed by atoms with van der Waals surface area (Å²) in [5, 5.41) is 13.4. The fourth-order valence-electron chi connectivity index (χ4n) is 3.13. The molecule has 1 aromatic carbocycles. The second-order valence-corrected chi connectivity index (χ2v) is 5.66. The van der Waals surface area contributed by atoms with Crippen molar-refractivity contribution in [2.24, 2.45) is 0 Å². The Hall–Kier alpha value is -2.11. The first-order chi connectivity index (χ1) is 10.7. The van der Waals surface area contributed by atoms with Gasteiger partial charge in [-0.25, -0.2) is 4.79 Å².